The van der Waals surface area contributed by atoms with Gasteiger partial charge in [0.15, 0.2) is 5.75 Å². The largest absolute Gasteiger partial charge is 0.497 e. The topological polar surface area (TPSA) is 43.4 Å². The van der Waals surface area contributed by atoms with Crippen LogP contribution in [-0.4, -0.2) is 24.9 Å². The van der Waals surface area contributed by atoms with Crippen LogP contribution in [0.2, 0.25) is 0 Å². The third kappa shape index (κ3) is 4.53. The number of rotatable bonds is 6. The second-order valence-corrected chi connectivity index (χ2v) is 8.05. The first-order chi connectivity index (χ1) is 10.00. The van der Waals surface area contributed by atoms with Gasteiger partial charge in [0.1, 0.15) is 17.8 Å². The van der Waals surface area contributed by atoms with E-state index in [0.717, 1.165) is 11.3 Å². The second-order valence-electron chi connectivity index (χ2n) is 5.11. The molecule has 21 heavy (non-hydrogen) atoms. The highest BCUT2D eigenvalue weighted by Crippen LogP contribution is 2.17. The molecular weight excluding hydrogens is 284 g/mol. The van der Waals surface area contributed by atoms with Gasteiger partial charge in [-0.2, -0.15) is 0 Å². The Kier molecular flexibility index (Phi) is 4.91. The summed E-state index contributed by atoms with van der Waals surface area (Å²) in [6.07, 6.45) is 1.66. The van der Waals surface area contributed by atoms with E-state index >= 15 is 0 Å². The number of carbonyl (C=O) groups excluding carboxylic acids is 1. The van der Waals surface area contributed by atoms with Gasteiger partial charge in [-0.3, -0.25) is 4.79 Å². The molecule has 0 fully saturated rings. The molecule has 2 aromatic carbocycles. The first-order valence-corrected chi connectivity index (χ1v) is 8.96. The predicted molar refractivity (Wildman–Crippen MR) is 86.3 cm³/mol. The van der Waals surface area contributed by atoms with Crippen LogP contribution in [0.5, 0.6) is 5.75 Å². The zero-order valence-electron chi connectivity index (χ0n) is 12.2. The molecule has 0 aliphatic carbocycles. The maximum absolute atomic E-state index is 12.6. The Morgan fingerprint density at radius 3 is 2.24 bits per heavy atom. The number of benzene rings is 2. The Bertz CT molecular complexity index is 647. The minimum atomic E-state index is -2.24. The van der Waals surface area contributed by atoms with Gasteiger partial charge in [0.05, 0.1) is 17.0 Å². The van der Waals surface area contributed by atoms with Gasteiger partial charge >= 0.3 is 0 Å². The molecule has 4 heteroatoms. The highest BCUT2D eigenvalue weighted by atomic mass is 32.2. The van der Waals surface area contributed by atoms with Gasteiger partial charge in [0.2, 0.25) is 5.78 Å². The first kappa shape index (κ1) is 15.4. The summed E-state index contributed by atoms with van der Waals surface area (Å²) >= 11 is 0. The van der Waals surface area contributed by atoms with E-state index in [1.54, 1.807) is 25.5 Å². The lowest BCUT2D eigenvalue weighted by Crippen LogP contribution is -2.23. The van der Waals surface area contributed by atoms with Crippen LogP contribution < -0.4 is 4.74 Å². The summed E-state index contributed by atoms with van der Waals surface area (Å²) in [6, 6.07) is 16.4. The number of methoxy groups -OCH3 is 1. The molecule has 0 aromatic heterocycles. The highest BCUT2D eigenvalue weighted by Gasteiger charge is 2.26. The maximum atomic E-state index is 12.6. The molecular formula is C17H19O3S+. The molecule has 1 unspecified atom stereocenters. The molecule has 0 saturated heterocycles. The SMILES string of the molecule is COc1ccc(C[S+](C)(=O)CC(=O)c2ccccc2)cc1. The standard InChI is InChI=1S/C17H19O3S/c1-20-16-10-8-14(9-11-16)12-21(2,19)13-17(18)15-6-4-3-5-7-15/h3-11H,12-13H2,1-2H3/q+1. The maximum Gasteiger partial charge on any atom is 0.211 e. The number of hydrogen-bond donors (Lipinski definition) is 0. The lowest BCUT2D eigenvalue weighted by Gasteiger charge is -2.08. The fourth-order valence-electron chi connectivity index (χ4n) is 2.11. The number of Topliss-reactive ketones (excluding diaryl/α,β-unsaturated/α-hetero) is 1. The number of carbonyl (C=O) groups is 1. The Balaban J connectivity index is 2.04. The van der Waals surface area contributed by atoms with Gasteiger partial charge in [-0.05, 0) is 12.1 Å². The van der Waals surface area contributed by atoms with Crippen LogP contribution in [0.15, 0.2) is 54.6 Å². The van der Waals surface area contributed by atoms with Crippen molar-refractivity contribution in [1.29, 1.82) is 0 Å². The molecule has 0 aliphatic heterocycles. The van der Waals surface area contributed by atoms with E-state index in [2.05, 4.69) is 0 Å². The summed E-state index contributed by atoms with van der Waals surface area (Å²) in [5, 5.41) is 0. The third-order valence-electron chi connectivity index (χ3n) is 3.16. The number of ether oxygens (including phenoxy) is 1. The zero-order valence-corrected chi connectivity index (χ0v) is 13.1. The van der Waals surface area contributed by atoms with Crippen LogP contribution in [0.1, 0.15) is 15.9 Å². The van der Waals surface area contributed by atoms with Gasteiger partial charge in [-0.15, -0.1) is 4.21 Å². The quantitative estimate of drug-likeness (QED) is 0.608. The zero-order chi connectivity index (χ0) is 15.3. The predicted octanol–water partition coefficient (Wildman–Crippen LogP) is 3.21. The van der Waals surface area contributed by atoms with Crippen molar-refractivity contribution >= 4 is 15.7 Å². The van der Waals surface area contributed by atoms with Crippen molar-refractivity contribution in [2.75, 3.05) is 19.1 Å². The van der Waals surface area contributed by atoms with Crippen LogP contribution in [-0.2, 0) is 19.9 Å². The van der Waals surface area contributed by atoms with Crippen molar-refractivity contribution in [2.24, 2.45) is 0 Å². The minimum Gasteiger partial charge on any atom is -0.497 e. The fourth-order valence-corrected chi connectivity index (χ4v) is 3.83. The molecule has 0 aliphatic rings. The van der Waals surface area contributed by atoms with Crippen molar-refractivity contribution in [3.05, 3.63) is 65.7 Å². The Hall–Kier alpha value is -1.94. The molecule has 3 nitrogen and oxygen atoms in total. The molecule has 110 valence electrons. The molecule has 2 aromatic rings. The third-order valence-corrected chi connectivity index (χ3v) is 4.98. The van der Waals surface area contributed by atoms with Crippen molar-refractivity contribution in [2.45, 2.75) is 5.75 Å². The van der Waals surface area contributed by atoms with Gasteiger partial charge < -0.3 is 4.74 Å². The normalized spacial score (nSPS) is 13.4. The molecule has 0 spiro atoms. The summed E-state index contributed by atoms with van der Waals surface area (Å²) in [7, 11) is -0.634. The molecule has 0 radical (unpaired) electrons. The van der Waals surface area contributed by atoms with Crippen LogP contribution >= 0.6 is 0 Å². The molecule has 0 amide bonds. The van der Waals surface area contributed by atoms with E-state index < -0.39 is 9.93 Å². The lowest BCUT2D eigenvalue weighted by molar-refractivity contribution is 0.102. The lowest BCUT2D eigenvalue weighted by atomic mass is 10.2. The molecule has 2 rings (SSSR count). The van der Waals surface area contributed by atoms with E-state index in [9.17, 15) is 9.00 Å². The molecule has 1 atom stereocenters. The number of ketones is 1. The second kappa shape index (κ2) is 6.68. The van der Waals surface area contributed by atoms with Crippen LogP contribution in [0.3, 0.4) is 0 Å². The Labute approximate surface area is 126 Å². The van der Waals surface area contributed by atoms with E-state index in [1.165, 1.54) is 0 Å². The van der Waals surface area contributed by atoms with E-state index in [0.29, 0.717) is 11.3 Å². The smallest absolute Gasteiger partial charge is 0.211 e. The molecule has 0 heterocycles. The van der Waals surface area contributed by atoms with Gasteiger partial charge in [-0.1, -0.05) is 42.5 Å². The molecule has 0 saturated carbocycles. The summed E-state index contributed by atoms with van der Waals surface area (Å²) in [5.41, 5.74) is 1.56. The minimum absolute atomic E-state index is 0.0725. The van der Waals surface area contributed by atoms with Crippen LogP contribution in [0.4, 0.5) is 0 Å². The average Bonchev–Trinajstić information content (AvgIpc) is 2.48. The summed E-state index contributed by atoms with van der Waals surface area (Å²) in [6.45, 7) is 0. The van der Waals surface area contributed by atoms with E-state index in [1.807, 2.05) is 42.5 Å². The van der Waals surface area contributed by atoms with E-state index in [-0.39, 0.29) is 11.5 Å². The molecule has 0 bridgehead atoms. The van der Waals surface area contributed by atoms with E-state index in [4.69, 9.17) is 4.74 Å². The van der Waals surface area contributed by atoms with Crippen molar-refractivity contribution in [3.63, 3.8) is 0 Å². The first-order valence-electron chi connectivity index (χ1n) is 6.66. The van der Waals surface area contributed by atoms with Gasteiger partial charge in [0.25, 0.3) is 0 Å². The Morgan fingerprint density at radius 2 is 1.67 bits per heavy atom. The monoisotopic (exact) mass is 303 g/mol. The van der Waals surface area contributed by atoms with Gasteiger partial charge in [0, 0.05) is 11.1 Å². The Morgan fingerprint density at radius 1 is 1.05 bits per heavy atom. The fraction of sp³-hybridized carbons (Fsp3) is 0.235. The highest BCUT2D eigenvalue weighted by molar-refractivity contribution is 8.02. The van der Waals surface area contributed by atoms with Crippen molar-refractivity contribution in [1.82, 2.24) is 0 Å². The van der Waals surface area contributed by atoms with Crippen molar-refractivity contribution in [3.8, 4) is 5.75 Å². The van der Waals surface area contributed by atoms with Crippen LogP contribution in [0.25, 0.3) is 0 Å². The van der Waals surface area contributed by atoms with Crippen molar-refractivity contribution < 1.29 is 13.7 Å². The average molecular weight is 303 g/mol. The summed E-state index contributed by atoms with van der Waals surface area (Å²) in [5.74, 6) is 1.16. The summed E-state index contributed by atoms with van der Waals surface area (Å²) < 4.78 is 17.7. The van der Waals surface area contributed by atoms with Crippen LogP contribution in [0, 0.1) is 0 Å². The summed E-state index contributed by atoms with van der Waals surface area (Å²) in [4.78, 5) is 12.2. The van der Waals surface area contributed by atoms with Gasteiger partial charge in [-0.25, -0.2) is 0 Å². The molecule has 0 N–H and O–H groups in total. The number of hydrogen-bond acceptors (Lipinski definition) is 3.